The zero-order chi connectivity index (χ0) is 35.5. The number of nitrogen functional groups attached to an aromatic ring is 1. The van der Waals surface area contributed by atoms with Gasteiger partial charge in [0.15, 0.2) is 11.5 Å². The average Bonchev–Trinajstić information content (AvgIpc) is 3.64. The van der Waals surface area contributed by atoms with Crippen LogP contribution in [0, 0.1) is 6.92 Å². The Kier molecular flexibility index (Phi) is 7.53. The first-order valence-electron chi connectivity index (χ1n) is 17.3. The Morgan fingerprint density at radius 2 is 1.19 bits per heavy atom. The molecule has 5 aromatic rings. The summed E-state index contributed by atoms with van der Waals surface area (Å²) in [6.07, 6.45) is 5.15. The molecule has 4 aliphatic heterocycles. The third kappa shape index (κ3) is 5.35. The maximum atomic E-state index is 13.8. The fourth-order valence-corrected chi connectivity index (χ4v) is 7.67. The molecule has 0 aromatic heterocycles. The number of aliphatic imine (C=N–C) groups is 2. The Balaban J connectivity index is 0.914. The van der Waals surface area contributed by atoms with Crippen molar-refractivity contribution >= 4 is 52.7 Å². The van der Waals surface area contributed by atoms with Crippen molar-refractivity contribution in [3.8, 4) is 17.2 Å². The molecule has 10 heteroatoms. The van der Waals surface area contributed by atoms with Gasteiger partial charge in [-0.25, -0.2) is 0 Å². The second-order valence-electron chi connectivity index (χ2n) is 13.5. The van der Waals surface area contributed by atoms with Gasteiger partial charge in [0.05, 0.1) is 41.7 Å². The Morgan fingerprint density at radius 1 is 0.673 bits per heavy atom. The van der Waals surface area contributed by atoms with Gasteiger partial charge in [-0.1, -0.05) is 36.4 Å². The second kappa shape index (κ2) is 12.4. The van der Waals surface area contributed by atoms with Gasteiger partial charge in [0.1, 0.15) is 19.0 Å². The third-order valence-corrected chi connectivity index (χ3v) is 10.1. The lowest BCUT2D eigenvalue weighted by Gasteiger charge is -2.22. The number of carbonyl (C=O) groups is 2. The van der Waals surface area contributed by atoms with Crippen molar-refractivity contribution < 1.29 is 23.8 Å². The SMILES string of the molecule is COc1cc2c(cc1OCc1cc(N)cc(COc3cc4c(cc3C)C(=O)N3c5ccccc5C[C@H]3C=N4)c1)N=C[C@@H]1Cc3ccccc3N1C2=O. The predicted octanol–water partition coefficient (Wildman–Crippen LogP) is 7.32. The first-order valence-corrected chi connectivity index (χ1v) is 17.3. The first-order chi connectivity index (χ1) is 25.3. The molecule has 4 heterocycles. The smallest absolute Gasteiger partial charge is 0.261 e. The molecule has 10 nitrogen and oxygen atoms in total. The van der Waals surface area contributed by atoms with E-state index in [0.717, 1.165) is 52.0 Å². The zero-order valence-corrected chi connectivity index (χ0v) is 28.7. The summed E-state index contributed by atoms with van der Waals surface area (Å²) in [4.78, 5) is 40.6. The molecule has 0 saturated heterocycles. The molecule has 0 radical (unpaired) electrons. The fourth-order valence-electron chi connectivity index (χ4n) is 7.67. The molecule has 2 N–H and O–H groups in total. The van der Waals surface area contributed by atoms with Crippen molar-refractivity contribution in [3.05, 3.63) is 130 Å². The van der Waals surface area contributed by atoms with Crippen molar-refractivity contribution in [2.24, 2.45) is 9.98 Å². The van der Waals surface area contributed by atoms with Crippen molar-refractivity contribution in [3.63, 3.8) is 0 Å². The minimum Gasteiger partial charge on any atom is -0.493 e. The summed E-state index contributed by atoms with van der Waals surface area (Å²) in [6, 6.07) is 28.5. The van der Waals surface area contributed by atoms with Crippen LogP contribution in [-0.4, -0.2) is 43.4 Å². The number of anilines is 3. The molecule has 5 aromatic carbocycles. The van der Waals surface area contributed by atoms with Crippen molar-refractivity contribution in [1.82, 2.24) is 0 Å². The number of fused-ring (bicyclic) bond motifs is 8. The Hall–Kier alpha value is -6.42. The molecule has 0 saturated carbocycles. The summed E-state index contributed by atoms with van der Waals surface area (Å²) in [6.45, 7) is 2.37. The number of methoxy groups -OCH3 is 1. The van der Waals surface area contributed by atoms with Gasteiger partial charge in [-0.3, -0.25) is 29.4 Å². The van der Waals surface area contributed by atoms with E-state index in [1.54, 1.807) is 19.2 Å². The lowest BCUT2D eigenvalue weighted by Crippen LogP contribution is -2.37. The van der Waals surface area contributed by atoms with E-state index in [1.165, 1.54) is 0 Å². The highest BCUT2D eigenvalue weighted by atomic mass is 16.5. The average molecular weight is 690 g/mol. The van der Waals surface area contributed by atoms with Crippen LogP contribution in [0.4, 0.5) is 28.4 Å². The fraction of sp³-hybridized carbons (Fsp3) is 0.190. The number of ether oxygens (including phenoxy) is 3. The van der Waals surface area contributed by atoms with Crippen molar-refractivity contribution in [2.45, 2.75) is 45.1 Å². The predicted molar refractivity (Wildman–Crippen MR) is 201 cm³/mol. The normalized spacial score (nSPS) is 17.7. The van der Waals surface area contributed by atoms with Crippen molar-refractivity contribution in [1.29, 1.82) is 0 Å². The highest BCUT2D eigenvalue weighted by Crippen LogP contribution is 2.42. The Bertz CT molecular complexity index is 2370. The van der Waals surface area contributed by atoms with Crippen LogP contribution in [0.3, 0.4) is 0 Å². The minimum atomic E-state index is -0.152. The van der Waals surface area contributed by atoms with Gasteiger partial charge in [0, 0.05) is 54.5 Å². The lowest BCUT2D eigenvalue weighted by molar-refractivity contribution is 0.0979. The number of benzene rings is 5. The van der Waals surface area contributed by atoms with E-state index < -0.39 is 0 Å². The maximum Gasteiger partial charge on any atom is 0.261 e. The van der Waals surface area contributed by atoms with E-state index in [9.17, 15) is 9.59 Å². The van der Waals surface area contributed by atoms with Crippen LogP contribution in [0.2, 0.25) is 0 Å². The number of hydrogen-bond acceptors (Lipinski definition) is 8. The van der Waals surface area contributed by atoms with E-state index in [4.69, 9.17) is 29.9 Å². The maximum absolute atomic E-state index is 13.8. The molecule has 0 fully saturated rings. The van der Waals surface area contributed by atoms with Crippen LogP contribution >= 0.6 is 0 Å². The van der Waals surface area contributed by atoms with Crippen LogP contribution in [0.15, 0.2) is 101 Å². The minimum absolute atomic E-state index is 0.0619. The van der Waals surface area contributed by atoms with E-state index in [0.29, 0.717) is 45.4 Å². The number of nitrogens with two attached hydrogens (primary N) is 1. The summed E-state index contributed by atoms with van der Waals surface area (Å²) < 4.78 is 18.2. The van der Waals surface area contributed by atoms with E-state index in [2.05, 4.69) is 6.07 Å². The van der Waals surface area contributed by atoms with Crippen LogP contribution in [-0.2, 0) is 26.1 Å². The summed E-state index contributed by atoms with van der Waals surface area (Å²) in [5.41, 5.74) is 15.7. The van der Waals surface area contributed by atoms with E-state index in [1.807, 2.05) is 102 Å². The van der Waals surface area contributed by atoms with Gasteiger partial charge in [-0.2, -0.15) is 0 Å². The molecule has 2 atom stereocenters. The molecular weight excluding hydrogens is 654 g/mol. The first kappa shape index (κ1) is 31.6. The summed E-state index contributed by atoms with van der Waals surface area (Å²) in [5.74, 6) is 1.36. The Morgan fingerprint density at radius 3 is 1.77 bits per heavy atom. The number of para-hydroxylation sites is 2. The zero-order valence-electron chi connectivity index (χ0n) is 28.7. The van der Waals surface area contributed by atoms with Gasteiger partial charge in [-0.05, 0) is 77.2 Å². The molecule has 4 aliphatic rings. The Labute approximate surface area is 300 Å². The van der Waals surface area contributed by atoms with Crippen LogP contribution < -0.4 is 29.7 Å². The molecule has 2 amide bonds. The number of aryl methyl sites for hydroxylation is 1. The third-order valence-electron chi connectivity index (χ3n) is 10.1. The second-order valence-corrected chi connectivity index (χ2v) is 13.5. The summed E-state index contributed by atoms with van der Waals surface area (Å²) >= 11 is 0. The summed E-state index contributed by atoms with van der Waals surface area (Å²) in [5, 5.41) is 0. The number of hydrogen-bond donors (Lipinski definition) is 1. The number of rotatable bonds is 7. The molecule has 0 unspecified atom stereocenters. The van der Waals surface area contributed by atoms with Gasteiger partial charge >= 0.3 is 0 Å². The number of carbonyl (C=O) groups excluding carboxylic acids is 2. The highest BCUT2D eigenvalue weighted by Gasteiger charge is 2.37. The van der Waals surface area contributed by atoms with Gasteiger partial charge in [-0.15, -0.1) is 0 Å². The largest absolute Gasteiger partial charge is 0.493 e. The number of nitrogens with zero attached hydrogens (tertiary/aromatic N) is 4. The molecule has 258 valence electrons. The molecule has 0 bridgehead atoms. The van der Waals surface area contributed by atoms with E-state index in [-0.39, 0.29) is 37.1 Å². The van der Waals surface area contributed by atoms with Crippen LogP contribution in [0.1, 0.15) is 48.5 Å². The summed E-state index contributed by atoms with van der Waals surface area (Å²) in [7, 11) is 1.55. The van der Waals surface area contributed by atoms with E-state index >= 15 is 0 Å². The quantitative estimate of drug-likeness (QED) is 0.179. The standard InChI is InChI=1S/C42H35N5O5/c1-24-11-32-34(44-20-30-15-27-7-3-5-9-36(27)46(30)41(32)48)18-38(24)51-22-25-12-26(14-29(43)13-25)23-52-40-19-35-33(17-39(40)50-2)42(49)47-31(21-45-35)16-28-8-4-6-10-37(28)47/h3-14,17-21,30-31H,15-16,22-23,43H2,1-2H3/t30-,31-/m0/s1. The molecular formula is C42H35N5O5. The molecule has 0 aliphatic carbocycles. The van der Waals surface area contributed by atoms with Gasteiger partial charge < -0.3 is 19.9 Å². The highest BCUT2D eigenvalue weighted by molar-refractivity contribution is 6.15. The van der Waals surface area contributed by atoms with Crippen LogP contribution in [0.5, 0.6) is 17.2 Å². The lowest BCUT2D eigenvalue weighted by atomic mass is 10.1. The molecule has 52 heavy (non-hydrogen) atoms. The van der Waals surface area contributed by atoms with Crippen LogP contribution in [0.25, 0.3) is 0 Å². The number of amides is 2. The monoisotopic (exact) mass is 689 g/mol. The van der Waals surface area contributed by atoms with Crippen molar-refractivity contribution in [2.75, 3.05) is 22.6 Å². The van der Waals surface area contributed by atoms with Gasteiger partial charge in [0.2, 0.25) is 0 Å². The topological polar surface area (TPSA) is 119 Å². The van der Waals surface area contributed by atoms with Gasteiger partial charge in [0.25, 0.3) is 11.8 Å². The molecule has 9 rings (SSSR count). The molecule has 0 spiro atoms.